The number of rotatable bonds is 6. The van der Waals surface area contributed by atoms with Gasteiger partial charge in [0.1, 0.15) is 5.82 Å². The molecule has 0 saturated heterocycles. The number of nitrogens with one attached hydrogen (secondary N) is 3. The summed E-state index contributed by atoms with van der Waals surface area (Å²) in [4.78, 5) is 9.15. The van der Waals surface area contributed by atoms with Crippen molar-refractivity contribution in [2.24, 2.45) is 0 Å². The molecular weight excluding hydrogens is 338 g/mol. The molecule has 136 valence electrons. The molecule has 0 radical (unpaired) electrons. The molecule has 5 N–H and O–H groups in total. The van der Waals surface area contributed by atoms with Gasteiger partial charge in [-0.1, -0.05) is 42.5 Å². The maximum absolute atomic E-state index is 5.84. The third-order valence-electron chi connectivity index (χ3n) is 4.36. The Labute approximate surface area is 157 Å². The van der Waals surface area contributed by atoms with Gasteiger partial charge in [0.2, 0.25) is 5.95 Å². The number of hydrogen-bond donors (Lipinski definition) is 4. The summed E-state index contributed by atoms with van der Waals surface area (Å²) in [5.74, 6) is 1.26. The number of hydrogen-bond acceptors (Lipinski definition) is 6. The van der Waals surface area contributed by atoms with Crippen LogP contribution in [0, 0.1) is 0 Å². The first-order chi connectivity index (χ1) is 13.2. The van der Waals surface area contributed by atoms with Crippen LogP contribution in [0.2, 0.25) is 0 Å². The van der Waals surface area contributed by atoms with Gasteiger partial charge in [-0.2, -0.15) is 15.1 Å². The highest BCUT2D eigenvalue weighted by atomic mass is 15.2. The maximum atomic E-state index is 5.84. The van der Waals surface area contributed by atoms with Crippen molar-refractivity contribution in [1.82, 2.24) is 20.2 Å². The molecule has 2 aromatic carbocycles. The molecule has 0 spiro atoms. The lowest BCUT2D eigenvalue weighted by Gasteiger charge is -2.16. The molecule has 4 aromatic rings. The van der Waals surface area contributed by atoms with Gasteiger partial charge in [-0.05, 0) is 30.2 Å². The molecule has 0 fully saturated rings. The number of H-pyrrole nitrogens is 1. The van der Waals surface area contributed by atoms with E-state index in [2.05, 4.69) is 49.9 Å². The molecule has 7 heteroatoms. The smallest absolute Gasteiger partial charge is 0.226 e. The molecule has 4 rings (SSSR count). The lowest BCUT2D eigenvalue weighted by molar-refractivity contribution is 0.875. The Bertz CT molecular complexity index is 1040. The SMILES string of the molecule is C[C@H](Nc1nc(NCc2cccc(N)c2)nc2[nH]ncc12)c1ccccc1. The van der Waals surface area contributed by atoms with Crippen LogP contribution in [0.25, 0.3) is 11.0 Å². The first kappa shape index (κ1) is 16.8. The highest BCUT2D eigenvalue weighted by molar-refractivity contribution is 5.87. The summed E-state index contributed by atoms with van der Waals surface area (Å²) in [6.45, 7) is 2.68. The lowest BCUT2D eigenvalue weighted by atomic mass is 10.1. The summed E-state index contributed by atoms with van der Waals surface area (Å²) in [5.41, 5.74) is 9.51. The summed E-state index contributed by atoms with van der Waals surface area (Å²) in [6, 6.07) is 18.1. The second-order valence-corrected chi connectivity index (χ2v) is 6.40. The average molecular weight is 359 g/mol. The Morgan fingerprint density at radius 1 is 1.07 bits per heavy atom. The van der Waals surface area contributed by atoms with Crippen LogP contribution < -0.4 is 16.4 Å². The van der Waals surface area contributed by atoms with Gasteiger partial charge < -0.3 is 16.4 Å². The fourth-order valence-corrected chi connectivity index (χ4v) is 2.94. The molecule has 0 amide bonds. The van der Waals surface area contributed by atoms with E-state index in [4.69, 9.17) is 5.73 Å². The third-order valence-corrected chi connectivity index (χ3v) is 4.36. The summed E-state index contributed by atoms with van der Waals surface area (Å²) in [6.07, 6.45) is 1.73. The number of fused-ring (bicyclic) bond motifs is 1. The van der Waals surface area contributed by atoms with Crippen LogP contribution in [0.5, 0.6) is 0 Å². The van der Waals surface area contributed by atoms with Crippen molar-refractivity contribution in [3.63, 3.8) is 0 Å². The Morgan fingerprint density at radius 2 is 1.93 bits per heavy atom. The second-order valence-electron chi connectivity index (χ2n) is 6.40. The monoisotopic (exact) mass is 359 g/mol. The number of benzene rings is 2. The number of nitrogens with two attached hydrogens (primary N) is 1. The molecule has 0 aliphatic carbocycles. The van der Waals surface area contributed by atoms with Crippen LogP contribution in [0.1, 0.15) is 24.1 Å². The predicted molar refractivity (Wildman–Crippen MR) is 108 cm³/mol. The van der Waals surface area contributed by atoms with E-state index >= 15 is 0 Å². The van der Waals surface area contributed by atoms with E-state index < -0.39 is 0 Å². The third kappa shape index (κ3) is 3.82. The average Bonchev–Trinajstić information content (AvgIpc) is 3.16. The van der Waals surface area contributed by atoms with Crippen LogP contribution in [0.15, 0.2) is 60.8 Å². The van der Waals surface area contributed by atoms with E-state index in [-0.39, 0.29) is 6.04 Å². The molecule has 0 bridgehead atoms. The van der Waals surface area contributed by atoms with Gasteiger partial charge in [0.15, 0.2) is 5.65 Å². The minimum absolute atomic E-state index is 0.0981. The first-order valence-electron chi connectivity index (χ1n) is 8.80. The Balaban J connectivity index is 1.58. The number of anilines is 3. The molecule has 0 aliphatic rings. The molecule has 2 heterocycles. The van der Waals surface area contributed by atoms with E-state index in [9.17, 15) is 0 Å². The Kier molecular flexibility index (Phi) is 4.57. The van der Waals surface area contributed by atoms with E-state index in [0.29, 0.717) is 18.1 Å². The van der Waals surface area contributed by atoms with Gasteiger partial charge >= 0.3 is 0 Å². The molecule has 7 nitrogen and oxygen atoms in total. The van der Waals surface area contributed by atoms with E-state index in [1.165, 1.54) is 5.56 Å². The van der Waals surface area contributed by atoms with Gasteiger partial charge in [-0.3, -0.25) is 5.10 Å². The van der Waals surface area contributed by atoms with Crippen molar-refractivity contribution in [2.75, 3.05) is 16.4 Å². The maximum Gasteiger partial charge on any atom is 0.226 e. The zero-order valence-corrected chi connectivity index (χ0v) is 15.0. The van der Waals surface area contributed by atoms with Crippen LogP contribution in [0.3, 0.4) is 0 Å². The second kappa shape index (κ2) is 7.33. The topological polar surface area (TPSA) is 105 Å². The fourth-order valence-electron chi connectivity index (χ4n) is 2.94. The zero-order chi connectivity index (χ0) is 18.6. The minimum Gasteiger partial charge on any atom is -0.399 e. The molecule has 2 aromatic heterocycles. The summed E-state index contributed by atoms with van der Waals surface area (Å²) < 4.78 is 0. The summed E-state index contributed by atoms with van der Waals surface area (Å²) in [7, 11) is 0. The Morgan fingerprint density at radius 3 is 2.74 bits per heavy atom. The van der Waals surface area contributed by atoms with Crippen molar-refractivity contribution in [3.05, 3.63) is 71.9 Å². The van der Waals surface area contributed by atoms with Gasteiger partial charge in [-0.25, -0.2) is 0 Å². The van der Waals surface area contributed by atoms with Crippen molar-refractivity contribution in [2.45, 2.75) is 19.5 Å². The van der Waals surface area contributed by atoms with Gasteiger partial charge in [0.05, 0.1) is 11.6 Å². The zero-order valence-electron chi connectivity index (χ0n) is 15.0. The van der Waals surface area contributed by atoms with Gasteiger partial charge in [-0.15, -0.1) is 0 Å². The number of nitrogens with zero attached hydrogens (tertiary/aromatic N) is 3. The molecule has 1 atom stereocenters. The van der Waals surface area contributed by atoms with Crippen LogP contribution in [-0.2, 0) is 6.54 Å². The Hall–Kier alpha value is -3.61. The molecule has 0 aliphatic heterocycles. The van der Waals surface area contributed by atoms with Crippen molar-refractivity contribution in [1.29, 1.82) is 0 Å². The van der Waals surface area contributed by atoms with E-state index in [1.807, 2.05) is 42.5 Å². The quantitative estimate of drug-likeness (QED) is 0.391. The van der Waals surface area contributed by atoms with Gasteiger partial charge in [0, 0.05) is 18.3 Å². The van der Waals surface area contributed by atoms with Crippen LogP contribution >= 0.6 is 0 Å². The molecular formula is C20H21N7. The molecule has 0 saturated carbocycles. The first-order valence-corrected chi connectivity index (χ1v) is 8.80. The predicted octanol–water partition coefficient (Wildman–Crippen LogP) is 3.72. The largest absolute Gasteiger partial charge is 0.399 e. The lowest BCUT2D eigenvalue weighted by Crippen LogP contribution is -2.11. The normalized spacial score (nSPS) is 12.0. The van der Waals surface area contributed by atoms with Crippen molar-refractivity contribution in [3.8, 4) is 0 Å². The number of nitrogen functional groups attached to an aromatic ring is 1. The number of aromatic amines is 1. The highest BCUT2D eigenvalue weighted by Gasteiger charge is 2.13. The van der Waals surface area contributed by atoms with Crippen molar-refractivity contribution < 1.29 is 0 Å². The standard InChI is InChI=1S/C20H21N7/c1-13(15-7-3-2-4-8-15)24-18-17-12-23-27-19(17)26-20(25-18)22-11-14-6-5-9-16(21)10-14/h2-10,12-13H,11,21H2,1H3,(H3,22,23,24,25,26,27)/t13-/m0/s1. The summed E-state index contributed by atoms with van der Waals surface area (Å²) >= 11 is 0. The minimum atomic E-state index is 0.0981. The van der Waals surface area contributed by atoms with E-state index in [0.717, 1.165) is 22.5 Å². The fraction of sp³-hybridized carbons (Fsp3) is 0.150. The van der Waals surface area contributed by atoms with Gasteiger partial charge in [0.25, 0.3) is 0 Å². The number of aromatic nitrogens is 4. The molecule has 0 unspecified atom stereocenters. The highest BCUT2D eigenvalue weighted by Crippen LogP contribution is 2.25. The van der Waals surface area contributed by atoms with E-state index in [1.54, 1.807) is 6.20 Å². The summed E-state index contributed by atoms with van der Waals surface area (Å²) in [5, 5.41) is 14.6. The van der Waals surface area contributed by atoms with Crippen LogP contribution in [-0.4, -0.2) is 20.2 Å². The molecule has 27 heavy (non-hydrogen) atoms. The van der Waals surface area contributed by atoms with Crippen LogP contribution in [0.4, 0.5) is 17.5 Å². The van der Waals surface area contributed by atoms with Crippen molar-refractivity contribution >= 4 is 28.5 Å².